The Morgan fingerprint density at radius 3 is 2.72 bits per heavy atom. The lowest BCUT2D eigenvalue weighted by atomic mass is 10.1. The Balaban J connectivity index is 2.42. The summed E-state index contributed by atoms with van der Waals surface area (Å²) in [4.78, 5) is 14.0. The van der Waals surface area contributed by atoms with E-state index in [1.807, 2.05) is 0 Å². The molecule has 0 radical (unpaired) electrons. The van der Waals surface area contributed by atoms with Crippen molar-refractivity contribution in [3.05, 3.63) is 26.3 Å². The average Bonchev–Trinajstić information content (AvgIpc) is 2.61. The summed E-state index contributed by atoms with van der Waals surface area (Å²) in [6, 6.07) is 0. The van der Waals surface area contributed by atoms with Crippen LogP contribution in [0.5, 0.6) is 0 Å². The number of aliphatic hydroxyl groups excluding tert-OH is 3. The van der Waals surface area contributed by atoms with Crippen molar-refractivity contribution >= 4 is 23.8 Å². The van der Waals surface area contributed by atoms with Gasteiger partial charge in [0.05, 0.1) is 11.6 Å². The number of H-pyrrole nitrogens is 1. The van der Waals surface area contributed by atoms with E-state index in [9.17, 15) is 15.0 Å². The highest BCUT2D eigenvalue weighted by Gasteiger charge is 2.43. The third-order valence-electron chi connectivity index (χ3n) is 2.72. The van der Waals surface area contributed by atoms with Crippen LogP contribution in [0.3, 0.4) is 0 Å². The van der Waals surface area contributed by atoms with E-state index in [0.29, 0.717) is 0 Å². The SMILES string of the molecule is O=c1[nH]c(=S)c(Cl)cn1[C@H]1O[C@H](CO)[C@@H](O)[C@@H]1O. The molecule has 1 fully saturated rings. The fraction of sp³-hybridized carbons (Fsp3) is 0.556. The number of nitrogens with one attached hydrogen (secondary N) is 1. The second kappa shape index (κ2) is 5.08. The van der Waals surface area contributed by atoms with Gasteiger partial charge in [0.15, 0.2) is 6.23 Å². The molecule has 0 unspecified atom stereocenters. The topological polar surface area (TPSA) is 108 Å². The van der Waals surface area contributed by atoms with Crippen molar-refractivity contribution in [2.75, 3.05) is 6.61 Å². The molecule has 4 atom stereocenters. The minimum atomic E-state index is -1.35. The monoisotopic (exact) mass is 294 g/mol. The number of hydrogen-bond acceptors (Lipinski definition) is 6. The van der Waals surface area contributed by atoms with Crippen molar-refractivity contribution in [3.63, 3.8) is 0 Å². The van der Waals surface area contributed by atoms with E-state index in [2.05, 4.69) is 4.98 Å². The lowest BCUT2D eigenvalue weighted by molar-refractivity contribution is -0.0549. The quantitative estimate of drug-likeness (QED) is 0.530. The van der Waals surface area contributed by atoms with Crippen LogP contribution in [0.2, 0.25) is 5.02 Å². The van der Waals surface area contributed by atoms with Crippen LogP contribution in [0, 0.1) is 4.64 Å². The summed E-state index contributed by atoms with van der Waals surface area (Å²) in [6.07, 6.45) is -3.51. The fourth-order valence-corrected chi connectivity index (χ4v) is 2.05. The largest absolute Gasteiger partial charge is 0.394 e. The summed E-state index contributed by atoms with van der Waals surface area (Å²) in [5, 5.41) is 28.4. The van der Waals surface area contributed by atoms with Crippen LogP contribution < -0.4 is 5.69 Å². The highest BCUT2D eigenvalue weighted by molar-refractivity contribution is 7.71. The van der Waals surface area contributed by atoms with Crippen molar-refractivity contribution in [1.29, 1.82) is 0 Å². The van der Waals surface area contributed by atoms with Gasteiger partial charge in [-0.2, -0.15) is 0 Å². The molecule has 1 aliphatic rings. The zero-order valence-corrected chi connectivity index (χ0v) is 10.6. The smallest absolute Gasteiger partial charge is 0.328 e. The van der Waals surface area contributed by atoms with Gasteiger partial charge < -0.3 is 20.1 Å². The molecular weight excluding hydrogens is 284 g/mol. The molecule has 1 aromatic heterocycles. The zero-order chi connectivity index (χ0) is 13.4. The summed E-state index contributed by atoms with van der Waals surface area (Å²) < 4.78 is 6.26. The molecule has 2 rings (SSSR count). The molecule has 1 aliphatic heterocycles. The Labute approximate surface area is 111 Å². The number of hydrogen-bond donors (Lipinski definition) is 4. The van der Waals surface area contributed by atoms with Crippen molar-refractivity contribution in [3.8, 4) is 0 Å². The van der Waals surface area contributed by atoms with Crippen LogP contribution in [0.15, 0.2) is 11.0 Å². The number of halogens is 1. The maximum Gasteiger partial charge on any atom is 0.328 e. The summed E-state index contributed by atoms with van der Waals surface area (Å²) in [7, 11) is 0. The van der Waals surface area contributed by atoms with Gasteiger partial charge in [0.25, 0.3) is 0 Å². The molecule has 0 aromatic carbocycles. The van der Waals surface area contributed by atoms with E-state index >= 15 is 0 Å². The van der Waals surface area contributed by atoms with Crippen molar-refractivity contribution < 1.29 is 20.1 Å². The first kappa shape index (κ1) is 13.7. The number of aliphatic hydroxyl groups is 3. The molecule has 1 saturated heterocycles. The molecule has 18 heavy (non-hydrogen) atoms. The molecular formula is C9H11ClN2O5S. The standard InChI is InChI=1S/C9H11ClN2O5S/c10-3-1-12(9(16)11-7(3)18)8-6(15)5(14)4(2-13)17-8/h1,4-6,8,13-15H,2H2,(H,11,16,18)/t4-,5-,6+,8+/m1/s1. The van der Waals surface area contributed by atoms with E-state index < -0.39 is 36.8 Å². The number of rotatable bonds is 2. The number of aromatic nitrogens is 2. The first-order chi connectivity index (χ1) is 8.45. The van der Waals surface area contributed by atoms with Crippen molar-refractivity contribution in [2.24, 2.45) is 0 Å². The zero-order valence-electron chi connectivity index (χ0n) is 8.99. The Morgan fingerprint density at radius 1 is 1.50 bits per heavy atom. The number of nitrogens with zero attached hydrogens (tertiary/aromatic N) is 1. The molecule has 2 heterocycles. The molecule has 0 aliphatic carbocycles. The Kier molecular flexibility index (Phi) is 3.85. The molecule has 0 amide bonds. The van der Waals surface area contributed by atoms with Crippen molar-refractivity contribution in [1.82, 2.24) is 9.55 Å². The van der Waals surface area contributed by atoms with Crippen molar-refractivity contribution in [2.45, 2.75) is 24.5 Å². The van der Waals surface area contributed by atoms with E-state index in [0.717, 1.165) is 4.57 Å². The highest BCUT2D eigenvalue weighted by atomic mass is 35.5. The Hall–Kier alpha value is -0.770. The van der Waals surface area contributed by atoms with Gasteiger partial charge in [-0.25, -0.2) is 4.79 Å². The van der Waals surface area contributed by atoms with Gasteiger partial charge in [0, 0.05) is 6.20 Å². The summed E-state index contributed by atoms with van der Waals surface area (Å²) >= 11 is 10.6. The maximum absolute atomic E-state index is 11.7. The van der Waals surface area contributed by atoms with E-state index in [4.69, 9.17) is 33.7 Å². The van der Waals surface area contributed by atoms with Crippen LogP contribution in [-0.2, 0) is 4.74 Å². The van der Waals surface area contributed by atoms with E-state index in [1.54, 1.807) is 0 Å². The first-order valence-electron chi connectivity index (χ1n) is 5.09. The van der Waals surface area contributed by atoms with Gasteiger partial charge in [0.2, 0.25) is 0 Å². The van der Waals surface area contributed by atoms with Gasteiger partial charge in [-0.3, -0.25) is 9.55 Å². The Morgan fingerprint density at radius 2 is 2.17 bits per heavy atom. The second-order valence-corrected chi connectivity index (χ2v) is 4.69. The lowest BCUT2D eigenvalue weighted by Crippen LogP contribution is -2.36. The Bertz CT molecular complexity index is 559. The molecule has 100 valence electrons. The average molecular weight is 295 g/mol. The summed E-state index contributed by atoms with van der Waals surface area (Å²) in [5.74, 6) is 0. The molecule has 7 nitrogen and oxygen atoms in total. The van der Waals surface area contributed by atoms with Crippen LogP contribution >= 0.6 is 23.8 Å². The third kappa shape index (κ3) is 2.22. The molecule has 0 saturated carbocycles. The summed E-state index contributed by atoms with van der Waals surface area (Å²) in [6.45, 7) is -0.472. The van der Waals surface area contributed by atoms with Gasteiger partial charge >= 0.3 is 5.69 Å². The fourth-order valence-electron chi connectivity index (χ4n) is 1.76. The van der Waals surface area contributed by atoms with Crippen LogP contribution in [0.4, 0.5) is 0 Å². The highest BCUT2D eigenvalue weighted by Crippen LogP contribution is 2.28. The predicted octanol–water partition coefficient (Wildman–Crippen LogP) is -0.829. The minimum Gasteiger partial charge on any atom is -0.394 e. The van der Waals surface area contributed by atoms with E-state index in [-0.39, 0.29) is 9.66 Å². The minimum absolute atomic E-state index is 0.0738. The van der Waals surface area contributed by atoms with Gasteiger partial charge in [-0.15, -0.1) is 0 Å². The molecule has 9 heteroatoms. The molecule has 1 aromatic rings. The molecule has 4 N–H and O–H groups in total. The number of ether oxygens (including phenoxy) is 1. The molecule has 0 bridgehead atoms. The lowest BCUT2D eigenvalue weighted by Gasteiger charge is -2.17. The normalized spacial score (nSPS) is 31.8. The maximum atomic E-state index is 11.7. The third-order valence-corrected chi connectivity index (χ3v) is 3.44. The molecule has 0 spiro atoms. The van der Waals surface area contributed by atoms with Gasteiger partial charge in [-0.05, 0) is 0 Å². The van der Waals surface area contributed by atoms with Crippen LogP contribution in [-0.4, -0.2) is 49.8 Å². The van der Waals surface area contributed by atoms with Crippen LogP contribution in [0.1, 0.15) is 6.23 Å². The van der Waals surface area contributed by atoms with Gasteiger partial charge in [0.1, 0.15) is 23.0 Å². The predicted molar refractivity (Wildman–Crippen MR) is 63.9 cm³/mol. The van der Waals surface area contributed by atoms with Crippen LogP contribution in [0.25, 0.3) is 0 Å². The number of aromatic amines is 1. The first-order valence-corrected chi connectivity index (χ1v) is 5.87. The van der Waals surface area contributed by atoms with Gasteiger partial charge in [-0.1, -0.05) is 23.8 Å². The van der Waals surface area contributed by atoms with E-state index in [1.165, 1.54) is 6.20 Å². The summed E-state index contributed by atoms with van der Waals surface area (Å²) in [5.41, 5.74) is -0.626. The second-order valence-electron chi connectivity index (χ2n) is 3.87.